The van der Waals surface area contributed by atoms with Crippen molar-refractivity contribution >= 4 is 27.3 Å². The van der Waals surface area contributed by atoms with E-state index in [0.29, 0.717) is 11.1 Å². The van der Waals surface area contributed by atoms with E-state index in [1.807, 2.05) is 0 Å². The Morgan fingerprint density at radius 1 is 1.30 bits per heavy atom. The van der Waals surface area contributed by atoms with Crippen LogP contribution in [0, 0.1) is 5.82 Å². The van der Waals surface area contributed by atoms with Gasteiger partial charge in [-0.15, -0.1) is 11.3 Å². The highest BCUT2D eigenvalue weighted by Crippen LogP contribution is 2.30. The normalized spacial score (nSPS) is 11.1. The molecular formula is C16H14FNOS. The Labute approximate surface area is 120 Å². The maximum atomic E-state index is 12.9. The third kappa shape index (κ3) is 2.16. The van der Waals surface area contributed by atoms with Gasteiger partial charge in [0.2, 0.25) is 0 Å². The van der Waals surface area contributed by atoms with Gasteiger partial charge < -0.3 is 4.98 Å². The van der Waals surface area contributed by atoms with Crippen LogP contribution in [0.5, 0.6) is 0 Å². The number of fused-ring (bicyclic) bond motifs is 1. The molecule has 1 aromatic carbocycles. The molecule has 1 N–H and O–H groups in total. The molecule has 0 radical (unpaired) electrons. The lowest BCUT2D eigenvalue weighted by Crippen LogP contribution is -2.00. The van der Waals surface area contributed by atoms with E-state index in [1.54, 1.807) is 17.5 Å². The first kappa shape index (κ1) is 13.1. The SMILES string of the molecule is CCCc1csc2[nH]cc(C(=O)c3ccc(F)cc3)c12. The van der Waals surface area contributed by atoms with Gasteiger partial charge in [-0.05, 0) is 41.6 Å². The smallest absolute Gasteiger partial charge is 0.195 e. The van der Waals surface area contributed by atoms with Crippen molar-refractivity contribution in [2.45, 2.75) is 19.8 Å². The highest BCUT2D eigenvalue weighted by molar-refractivity contribution is 7.17. The lowest BCUT2D eigenvalue weighted by molar-refractivity contribution is 0.104. The predicted molar refractivity (Wildman–Crippen MR) is 80.0 cm³/mol. The highest BCUT2D eigenvalue weighted by Gasteiger charge is 2.17. The Morgan fingerprint density at radius 2 is 2.05 bits per heavy atom. The minimum Gasteiger partial charge on any atom is -0.352 e. The number of carbonyl (C=O) groups is 1. The van der Waals surface area contributed by atoms with Crippen LogP contribution in [0.4, 0.5) is 4.39 Å². The molecule has 2 heterocycles. The van der Waals surface area contributed by atoms with Gasteiger partial charge in [-0.2, -0.15) is 0 Å². The van der Waals surface area contributed by atoms with E-state index in [2.05, 4.69) is 17.3 Å². The molecule has 2 nitrogen and oxygen atoms in total. The molecule has 0 saturated heterocycles. The molecule has 3 rings (SSSR count). The maximum Gasteiger partial charge on any atom is 0.195 e. The Balaban J connectivity index is 2.07. The molecule has 0 unspecified atom stereocenters. The maximum absolute atomic E-state index is 12.9. The first-order valence-electron chi connectivity index (χ1n) is 6.58. The Morgan fingerprint density at radius 3 is 2.75 bits per heavy atom. The first-order valence-corrected chi connectivity index (χ1v) is 7.46. The molecular weight excluding hydrogens is 273 g/mol. The summed E-state index contributed by atoms with van der Waals surface area (Å²) < 4.78 is 12.9. The van der Waals surface area contributed by atoms with Crippen molar-refractivity contribution in [1.29, 1.82) is 0 Å². The number of hydrogen-bond donors (Lipinski definition) is 1. The molecule has 0 spiro atoms. The minimum atomic E-state index is -0.331. The van der Waals surface area contributed by atoms with Gasteiger partial charge in [0.15, 0.2) is 5.78 Å². The first-order chi connectivity index (χ1) is 9.70. The molecule has 20 heavy (non-hydrogen) atoms. The number of benzene rings is 1. The molecule has 0 aliphatic heterocycles. The van der Waals surface area contributed by atoms with Gasteiger partial charge in [0.25, 0.3) is 0 Å². The fraction of sp³-hybridized carbons (Fsp3) is 0.188. The second-order valence-corrected chi connectivity index (χ2v) is 5.63. The van der Waals surface area contributed by atoms with Gasteiger partial charge in [-0.1, -0.05) is 13.3 Å². The number of thiophene rings is 1. The molecule has 3 aromatic rings. The zero-order valence-corrected chi connectivity index (χ0v) is 11.9. The molecule has 0 fully saturated rings. The summed E-state index contributed by atoms with van der Waals surface area (Å²) in [5.74, 6) is -0.394. The minimum absolute atomic E-state index is 0.0630. The summed E-state index contributed by atoms with van der Waals surface area (Å²) in [6.07, 6.45) is 3.76. The summed E-state index contributed by atoms with van der Waals surface area (Å²) >= 11 is 1.62. The van der Waals surface area contributed by atoms with Crippen LogP contribution in [-0.2, 0) is 6.42 Å². The van der Waals surface area contributed by atoms with E-state index in [4.69, 9.17) is 0 Å². The number of aryl methyl sites for hydroxylation is 1. The van der Waals surface area contributed by atoms with Crippen LogP contribution in [-0.4, -0.2) is 10.8 Å². The van der Waals surface area contributed by atoms with Crippen LogP contribution in [0.15, 0.2) is 35.8 Å². The number of nitrogens with one attached hydrogen (secondary N) is 1. The van der Waals surface area contributed by atoms with E-state index in [1.165, 1.54) is 29.8 Å². The second kappa shape index (κ2) is 5.21. The number of ketones is 1. The number of hydrogen-bond acceptors (Lipinski definition) is 2. The molecule has 4 heteroatoms. The fourth-order valence-corrected chi connectivity index (χ4v) is 3.38. The lowest BCUT2D eigenvalue weighted by Gasteiger charge is -2.01. The van der Waals surface area contributed by atoms with Gasteiger partial charge >= 0.3 is 0 Å². The summed E-state index contributed by atoms with van der Waals surface area (Å²) in [6, 6.07) is 5.69. The summed E-state index contributed by atoms with van der Waals surface area (Å²) in [7, 11) is 0. The number of aromatic nitrogens is 1. The van der Waals surface area contributed by atoms with Gasteiger partial charge in [-0.25, -0.2) is 4.39 Å². The Hall–Kier alpha value is -1.94. The second-order valence-electron chi connectivity index (χ2n) is 4.75. The lowest BCUT2D eigenvalue weighted by atomic mass is 10.0. The van der Waals surface area contributed by atoms with Crippen LogP contribution < -0.4 is 0 Å². The van der Waals surface area contributed by atoms with E-state index in [0.717, 1.165) is 23.1 Å². The summed E-state index contributed by atoms with van der Waals surface area (Å²) in [4.78, 5) is 16.7. The third-order valence-electron chi connectivity index (χ3n) is 3.35. The third-order valence-corrected chi connectivity index (χ3v) is 4.31. The van der Waals surface area contributed by atoms with Crippen LogP contribution in [0.25, 0.3) is 10.2 Å². The van der Waals surface area contributed by atoms with Gasteiger partial charge in [0.1, 0.15) is 10.6 Å². The predicted octanol–water partition coefficient (Wildman–Crippen LogP) is 4.55. The quantitative estimate of drug-likeness (QED) is 0.701. The van der Waals surface area contributed by atoms with Gasteiger partial charge in [-0.3, -0.25) is 4.79 Å². The molecule has 102 valence electrons. The zero-order valence-electron chi connectivity index (χ0n) is 11.1. The monoisotopic (exact) mass is 287 g/mol. The van der Waals surface area contributed by atoms with Crippen molar-refractivity contribution in [2.75, 3.05) is 0 Å². The van der Waals surface area contributed by atoms with Gasteiger partial charge in [0.05, 0.1) is 0 Å². The summed E-state index contributed by atoms with van der Waals surface area (Å²) in [5.41, 5.74) is 2.40. The molecule has 2 aromatic heterocycles. The molecule has 0 bridgehead atoms. The molecule has 0 saturated carbocycles. The molecule has 0 aliphatic carbocycles. The average Bonchev–Trinajstić information content (AvgIpc) is 3.02. The standard InChI is InChI=1S/C16H14FNOS/c1-2-3-11-9-20-16-14(11)13(8-18-16)15(19)10-4-6-12(17)7-5-10/h4-9,18H,2-3H2,1H3. The van der Waals surface area contributed by atoms with Crippen LogP contribution >= 0.6 is 11.3 Å². The molecule has 0 aliphatic rings. The Kier molecular flexibility index (Phi) is 3.40. The number of rotatable bonds is 4. The topological polar surface area (TPSA) is 32.9 Å². The molecule has 0 amide bonds. The number of carbonyl (C=O) groups excluding carboxylic acids is 1. The summed E-state index contributed by atoms with van der Waals surface area (Å²) in [5, 5.41) is 3.12. The molecule has 0 atom stereocenters. The van der Waals surface area contributed by atoms with Crippen LogP contribution in [0.3, 0.4) is 0 Å². The van der Waals surface area contributed by atoms with Crippen molar-refractivity contribution in [2.24, 2.45) is 0 Å². The van der Waals surface area contributed by atoms with Crippen molar-refractivity contribution < 1.29 is 9.18 Å². The largest absolute Gasteiger partial charge is 0.352 e. The van der Waals surface area contributed by atoms with Crippen LogP contribution in [0.1, 0.15) is 34.8 Å². The average molecular weight is 287 g/mol. The summed E-state index contributed by atoms with van der Waals surface area (Å²) in [6.45, 7) is 2.12. The zero-order chi connectivity index (χ0) is 14.1. The number of halogens is 1. The number of H-pyrrole nitrogens is 1. The van der Waals surface area contributed by atoms with Crippen molar-refractivity contribution in [3.05, 3.63) is 58.3 Å². The Bertz CT molecular complexity index is 754. The highest BCUT2D eigenvalue weighted by atomic mass is 32.1. The van der Waals surface area contributed by atoms with Crippen LogP contribution in [0.2, 0.25) is 0 Å². The van der Waals surface area contributed by atoms with Gasteiger partial charge in [0, 0.05) is 22.7 Å². The van der Waals surface area contributed by atoms with E-state index in [9.17, 15) is 9.18 Å². The van der Waals surface area contributed by atoms with E-state index in [-0.39, 0.29) is 11.6 Å². The van der Waals surface area contributed by atoms with Crippen molar-refractivity contribution in [3.63, 3.8) is 0 Å². The van der Waals surface area contributed by atoms with Crippen molar-refractivity contribution in [3.8, 4) is 0 Å². The van der Waals surface area contributed by atoms with E-state index < -0.39 is 0 Å². The van der Waals surface area contributed by atoms with E-state index >= 15 is 0 Å². The number of aromatic amines is 1. The fourth-order valence-electron chi connectivity index (χ4n) is 2.39. The van der Waals surface area contributed by atoms with Crippen molar-refractivity contribution in [1.82, 2.24) is 4.98 Å².